The fourth-order valence-electron chi connectivity index (χ4n) is 1.83. The van der Waals surface area contributed by atoms with E-state index in [1.807, 2.05) is 13.0 Å². The van der Waals surface area contributed by atoms with Crippen molar-refractivity contribution in [2.45, 2.75) is 27.0 Å². The summed E-state index contributed by atoms with van der Waals surface area (Å²) >= 11 is 1.73. The third-order valence-corrected chi connectivity index (χ3v) is 3.87. The van der Waals surface area contributed by atoms with Crippen LogP contribution in [-0.4, -0.2) is 18.1 Å². The standard InChI is InChI=1S/C15H20N2OS/c1-3-16-10-13-15(12-8-6-5-7-9-12)19-14(17-13)11-18-4-2/h5-9,16H,3-4,10-11H2,1-2H3. The van der Waals surface area contributed by atoms with Gasteiger partial charge in [-0.05, 0) is 19.0 Å². The van der Waals surface area contributed by atoms with Gasteiger partial charge in [-0.1, -0.05) is 37.3 Å². The number of aromatic nitrogens is 1. The van der Waals surface area contributed by atoms with Gasteiger partial charge < -0.3 is 10.1 Å². The minimum atomic E-state index is 0.604. The van der Waals surface area contributed by atoms with E-state index < -0.39 is 0 Å². The summed E-state index contributed by atoms with van der Waals surface area (Å²) in [5, 5.41) is 4.40. The van der Waals surface area contributed by atoms with E-state index in [2.05, 4.69) is 36.5 Å². The van der Waals surface area contributed by atoms with Gasteiger partial charge in [0.15, 0.2) is 0 Å². The maximum absolute atomic E-state index is 5.46. The molecule has 1 N–H and O–H groups in total. The average Bonchev–Trinajstić information content (AvgIpc) is 2.87. The van der Waals surface area contributed by atoms with E-state index >= 15 is 0 Å². The largest absolute Gasteiger partial charge is 0.375 e. The Balaban J connectivity index is 2.25. The summed E-state index contributed by atoms with van der Waals surface area (Å²) in [6.07, 6.45) is 0. The topological polar surface area (TPSA) is 34.2 Å². The van der Waals surface area contributed by atoms with Crippen LogP contribution in [0.4, 0.5) is 0 Å². The van der Waals surface area contributed by atoms with Gasteiger partial charge >= 0.3 is 0 Å². The van der Waals surface area contributed by atoms with Crippen LogP contribution in [0.3, 0.4) is 0 Å². The minimum Gasteiger partial charge on any atom is -0.375 e. The third kappa shape index (κ3) is 3.86. The Labute approximate surface area is 118 Å². The molecule has 0 aliphatic carbocycles. The molecule has 0 aliphatic rings. The Morgan fingerprint density at radius 3 is 2.68 bits per heavy atom. The summed E-state index contributed by atoms with van der Waals surface area (Å²) in [6.45, 7) is 7.20. The quantitative estimate of drug-likeness (QED) is 0.841. The van der Waals surface area contributed by atoms with E-state index in [1.54, 1.807) is 11.3 Å². The first kappa shape index (κ1) is 14.2. The van der Waals surface area contributed by atoms with Crippen molar-refractivity contribution in [1.29, 1.82) is 0 Å². The first-order valence-electron chi connectivity index (χ1n) is 6.67. The van der Waals surface area contributed by atoms with E-state index in [4.69, 9.17) is 9.72 Å². The second-order valence-corrected chi connectivity index (χ2v) is 5.25. The molecule has 19 heavy (non-hydrogen) atoms. The fraction of sp³-hybridized carbons (Fsp3) is 0.400. The summed E-state index contributed by atoms with van der Waals surface area (Å²) in [4.78, 5) is 5.94. The summed E-state index contributed by atoms with van der Waals surface area (Å²) in [7, 11) is 0. The highest BCUT2D eigenvalue weighted by Gasteiger charge is 2.12. The van der Waals surface area contributed by atoms with Crippen molar-refractivity contribution in [3.8, 4) is 10.4 Å². The zero-order valence-corrected chi connectivity index (χ0v) is 12.3. The van der Waals surface area contributed by atoms with Crippen molar-refractivity contribution >= 4 is 11.3 Å². The van der Waals surface area contributed by atoms with Crippen LogP contribution in [0.2, 0.25) is 0 Å². The molecule has 2 rings (SSSR count). The van der Waals surface area contributed by atoms with Crippen molar-refractivity contribution < 1.29 is 4.74 Å². The zero-order chi connectivity index (χ0) is 13.5. The number of nitrogens with zero attached hydrogens (tertiary/aromatic N) is 1. The molecular weight excluding hydrogens is 256 g/mol. The first-order valence-corrected chi connectivity index (χ1v) is 7.49. The maximum Gasteiger partial charge on any atom is 0.119 e. The van der Waals surface area contributed by atoms with Crippen LogP contribution >= 0.6 is 11.3 Å². The summed E-state index contributed by atoms with van der Waals surface area (Å²) in [5.41, 5.74) is 2.35. The number of rotatable bonds is 7. The lowest BCUT2D eigenvalue weighted by molar-refractivity contribution is 0.133. The van der Waals surface area contributed by atoms with Crippen molar-refractivity contribution in [2.24, 2.45) is 0 Å². The van der Waals surface area contributed by atoms with Gasteiger partial charge in [-0.2, -0.15) is 0 Å². The van der Waals surface area contributed by atoms with Gasteiger partial charge in [0.25, 0.3) is 0 Å². The number of benzene rings is 1. The third-order valence-electron chi connectivity index (χ3n) is 2.75. The van der Waals surface area contributed by atoms with E-state index in [0.29, 0.717) is 6.61 Å². The van der Waals surface area contributed by atoms with Crippen LogP contribution < -0.4 is 5.32 Å². The highest BCUT2D eigenvalue weighted by molar-refractivity contribution is 7.15. The molecule has 0 saturated heterocycles. The van der Waals surface area contributed by atoms with Crippen molar-refractivity contribution in [2.75, 3.05) is 13.2 Å². The van der Waals surface area contributed by atoms with E-state index in [9.17, 15) is 0 Å². The van der Waals surface area contributed by atoms with E-state index in [-0.39, 0.29) is 0 Å². The maximum atomic E-state index is 5.46. The summed E-state index contributed by atoms with van der Waals surface area (Å²) < 4.78 is 5.46. The predicted octanol–water partition coefficient (Wildman–Crippen LogP) is 3.46. The molecule has 0 spiro atoms. The first-order chi connectivity index (χ1) is 9.35. The van der Waals surface area contributed by atoms with E-state index in [1.165, 1.54) is 10.4 Å². The number of thiazole rings is 1. The molecule has 102 valence electrons. The molecule has 3 nitrogen and oxygen atoms in total. The van der Waals surface area contributed by atoms with Crippen molar-refractivity contribution in [3.05, 3.63) is 41.0 Å². The molecule has 0 unspecified atom stereocenters. The molecule has 0 amide bonds. The number of hydrogen-bond donors (Lipinski definition) is 1. The summed E-state index contributed by atoms with van der Waals surface area (Å²) in [5.74, 6) is 0. The van der Waals surface area contributed by atoms with Gasteiger partial charge in [0.2, 0.25) is 0 Å². The van der Waals surface area contributed by atoms with E-state index in [0.717, 1.165) is 30.4 Å². The molecule has 1 heterocycles. The van der Waals surface area contributed by atoms with Crippen LogP contribution in [0.1, 0.15) is 24.5 Å². The monoisotopic (exact) mass is 276 g/mol. The summed E-state index contributed by atoms with van der Waals surface area (Å²) in [6, 6.07) is 10.4. The Hall–Kier alpha value is -1.23. The molecule has 0 aliphatic heterocycles. The number of hydrogen-bond acceptors (Lipinski definition) is 4. The average molecular weight is 276 g/mol. The van der Waals surface area contributed by atoms with Crippen molar-refractivity contribution in [1.82, 2.24) is 10.3 Å². The van der Waals surface area contributed by atoms with Crippen LogP contribution in [0.5, 0.6) is 0 Å². The zero-order valence-electron chi connectivity index (χ0n) is 11.5. The van der Waals surface area contributed by atoms with Crippen molar-refractivity contribution in [3.63, 3.8) is 0 Å². The molecule has 1 aromatic carbocycles. The molecule has 0 atom stereocenters. The number of ether oxygens (including phenoxy) is 1. The lowest BCUT2D eigenvalue weighted by Gasteiger charge is -2.02. The van der Waals surface area contributed by atoms with Gasteiger partial charge in [0.05, 0.1) is 17.2 Å². The molecule has 0 radical (unpaired) electrons. The Morgan fingerprint density at radius 2 is 2.00 bits per heavy atom. The van der Waals surface area contributed by atoms with Crippen LogP contribution in [0.25, 0.3) is 10.4 Å². The highest BCUT2D eigenvalue weighted by atomic mass is 32.1. The lowest BCUT2D eigenvalue weighted by Crippen LogP contribution is -2.12. The Bertz CT molecular complexity index is 496. The second kappa shape index (κ2) is 7.38. The minimum absolute atomic E-state index is 0.604. The Kier molecular flexibility index (Phi) is 5.51. The lowest BCUT2D eigenvalue weighted by atomic mass is 10.1. The van der Waals surface area contributed by atoms with Crippen LogP contribution in [-0.2, 0) is 17.9 Å². The Morgan fingerprint density at radius 1 is 1.21 bits per heavy atom. The molecule has 0 fully saturated rings. The molecule has 0 bridgehead atoms. The normalized spacial score (nSPS) is 10.8. The smallest absolute Gasteiger partial charge is 0.119 e. The van der Waals surface area contributed by atoms with Gasteiger partial charge in [0.1, 0.15) is 5.01 Å². The SMILES string of the molecule is CCNCc1nc(COCC)sc1-c1ccccc1. The van der Waals surface area contributed by atoms with Gasteiger partial charge in [-0.3, -0.25) is 0 Å². The molecule has 1 aromatic heterocycles. The van der Waals surface area contributed by atoms with Crippen LogP contribution in [0.15, 0.2) is 30.3 Å². The van der Waals surface area contributed by atoms with Crippen LogP contribution in [0, 0.1) is 0 Å². The molecule has 0 saturated carbocycles. The number of nitrogens with one attached hydrogen (secondary N) is 1. The van der Waals surface area contributed by atoms with Gasteiger partial charge in [-0.15, -0.1) is 11.3 Å². The molecular formula is C15H20N2OS. The van der Waals surface area contributed by atoms with Gasteiger partial charge in [-0.25, -0.2) is 4.98 Å². The van der Waals surface area contributed by atoms with Gasteiger partial charge in [0, 0.05) is 13.2 Å². The fourth-order valence-corrected chi connectivity index (χ4v) is 2.85. The predicted molar refractivity (Wildman–Crippen MR) is 80.3 cm³/mol. The highest BCUT2D eigenvalue weighted by Crippen LogP contribution is 2.30. The molecule has 4 heteroatoms. The second-order valence-electron chi connectivity index (χ2n) is 4.17. The molecule has 2 aromatic rings.